The lowest BCUT2D eigenvalue weighted by atomic mass is 10.1. The molecule has 0 saturated carbocycles. The summed E-state index contributed by atoms with van der Waals surface area (Å²) >= 11 is 7.50. The largest absolute Gasteiger partial charge is 0.258 e. The summed E-state index contributed by atoms with van der Waals surface area (Å²) in [4.78, 5) is 4.51. The van der Waals surface area contributed by atoms with Gasteiger partial charge in [-0.05, 0) is 18.1 Å². The fraction of sp³-hybridized carbons (Fsp3) is 0.267. The third kappa shape index (κ3) is 3.34. The molecule has 5 nitrogen and oxygen atoms in total. The number of rotatable bonds is 5. The average Bonchev–Trinajstić information content (AvgIpc) is 3.13. The first-order valence-corrected chi connectivity index (χ1v) is 8.35. The molecule has 2 aromatic heterocycles. The summed E-state index contributed by atoms with van der Waals surface area (Å²) in [6, 6.07) is 10.2. The number of aryl methyl sites for hydroxylation is 2. The summed E-state index contributed by atoms with van der Waals surface area (Å²) < 4.78 is 1.65. The van der Waals surface area contributed by atoms with Gasteiger partial charge in [-0.25, -0.2) is 4.98 Å². The lowest BCUT2D eigenvalue weighted by molar-refractivity contribution is 0.755. The zero-order valence-corrected chi connectivity index (χ0v) is 13.9. The minimum absolute atomic E-state index is 0.627. The van der Waals surface area contributed by atoms with Crippen molar-refractivity contribution >= 4 is 23.4 Å². The molecule has 0 atom stereocenters. The average molecular weight is 334 g/mol. The van der Waals surface area contributed by atoms with Crippen molar-refractivity contribution in [2.24, 2.45) is 7.05 Å². The van der Waals surface area contributed by atoms with Crippen LogP contribution in [0.5, 0.6) is 0 Å². The minimum atomic E-state index is 0.627. The molecule has 7 heteroatoms. The van der Waals surface area contributed by atoms with Crippen molar-refractivity contribution in [3.8, 4) is 11.4 Å². The number of hydrogen-bond acceptors (Lipinski definition) is 4. The Balaban J connectivity index is 1.67. The number of benzene rings is 1. The summed E-state index contributed by atoms with van der Waals surface area (Å²) in [7, 11) is 1.82. The van der Waals surface area contributed by atoms with Gasteiger partial charge in [-0.1, -0.05) is 54.6 Å². The Morgan fingerprint density at radius 1 is 1.27 bits per heavy atom. The second-order valence-electron chi connectivity index (χ2n) is 4.89. The molecule has 1 aromatic carbocycles. The van der Waals surface area contributed by atoms with Crippen LogP contribution in [0.2, 0.25) is 5.15 Å². The van der Waals surface area contributed by atoms with Gasteiger partial charge >= 0.3 is 0 Å². The van der Waals surface area contributed by atoms with Crippen LogP contribution in [0, 0.1) is 0 Å². The second-order valence-corrected chi connectivity index (χ2v) is 6.22. The number of H-pyrrole nitrogens is 1. The monoisotopic (exact) mass is 333 g/mol. The van der Waals surface area contributed by atoms with E-state index in [0.29, 0.717) is 16.1 Å². The topological polar surface area (TPSA) is 59.4 Å². The molecule has 0 aliphatic rings. The number of aromatic nitrogens is 5. The maximum Gasteiger partial charge on any atom is 0.209 e. The van der Waals surface area contributed by atoms with E-state index in [4.69, 9.17) is 11.6 Å². The van der Waals surface area contributed by atoms with Crippen LogP contribution < -0.4 is 0 Å². The highest BCUT2D eigenvalue weighted by molar-refractivity contribution is 7.98. The van der Waals surface area contributed by atoms with Crippen LogP contribution in [0.15, 0.2) is 35.5 Å². The molecular weight excluding hydrogens is 318 g/mol. The van der Waals surface area contributed by atoms with Crippen LogP contribution in [-0.2, 0) is 19.2 Å². The first kappa shape index (κ1) is 15.1. The fourth-order valence-corrected chi connectivity index (χ4v) is 2.90. The lowest BCUT2D eigenvalue weighted by Gasteiger charge is -1.98. The van der Waals surface area contributed by atoms with Crippen LogP contribution in [0.25, 0.3) is 11.4 Å². The van der Waals surface area contributed by atoms with Crippen LogP contribution in [0.4, 0.5) is 0 Å². The van der Waals surface area contributed by atoms with E-state index in [1.165, 1.54) is 17.3 Å². The third-order valence-electron chi connectivity index (χ3n) is 3.32. The van der Waals surface area contributed by atoms with Crippen molar-refractivity contribution in [1.82, 2.24) is 25.0 Å². The fourth-order valence-electron chi connectivity index (χ4n) is 2.05. The summed E-state index contributed by atoms with van der Waals surface area (Å²) in [5.41, 5.74) is 3.26. The summed E-state index contributed by atoms with van der Waals surface area (Å²) in [5, 5.41) is 12.9. The Hall–Kier alpha value is -1.79. The Kier molecular flexibility index (Phi) is 4.49. The van der Waals surface area contributed by atoms with Gasteiger partial charge in [-0.2, -0.15) is 5.10 Å². The standard InChI is InChI=1S/C15H16ClN5S/c1-3-10-4-6-11(7-5-10)14-17-15(19-18-14)22-9-12-8-13(16)21(2)20-12/h4-8H,3,9H2,1-2H3,(H,17,18,19). The highest BCUT2D eigenvalue weighted by Crippen LogP contribution is 2.23. The number of aromatic amines is 1. The number of thioether (sulfide) groups is 1. The summed E-state index contributed by atoms with van der Waals surface area (Å²) in [5.74, 6) is 1.47. The van der Waals surface area contributed by atoms with Gasteiger partial charge < -0.3 is 0 Å². The third-order valence-corrected chi connectivity index (χ3v) is 4.56. The van der Waals surface area contributed by atoms with Gasteiger partial charge in [0.2, 0.25) is 5.16 Å². The van der Waals surface area contributed by atoms with Crippen molar-refractivity contribution in [2.75, 3.05) is 0 Å². The van der Waals surface area contributed by atoms with Crippen LogP contribution in [-0.4, -0.2) is 25.0 Å². The first-order chi connectivity index (χ1) is 10.7. The van der Waals surface area contributed by atoms with Crippen molar-refractivity contribution in [1.29, 1.82) is 0 Å². The van der Waals surface area contributed by atoms with Gasteiger partial charge in [-0.3, -0.25) is 9.78 Å². The highest BCUT2D eigenvalue weighted by Gasteiger charge is 2.08. The first-order valence-electron chi connectivity index (χ1n) is 6.98. The summed E-state index contributed by atoms with van der Waals surface area (Å²) in [6.45, 7) is 2.14. The Morgan fingerprint density at radius 3 is 2.68 bits per heavy atom. The van der Waals surface area contributed by atoms with Crippen LogP contribution in [0.1, 0.15) is 18.2 Å². The van der Waals surface area contributed by atoms with Gasteiger partial charge in [-0.15, -0.1) is 5.10 Å². The molecule has 0 saturated heterocycles. The molecule has 0 aliphatic heterocycles. The van der Waals surface area contributed by atoms with Crippen LogP contribution >= 0.6 is 23.4 Å². The summed E-state index contributed by atoms with van der Waals surface area (Å²) in [6.07, 6.45) is 1.03. The molecule has 0 fully saturated rings. The van der Waals surface area contributed by atoms with Crippen LogP contribution in [0.3, 0.4) is 0 Å². The molecule has 3 rings (SSSR count). The smallest absolute Gasteiger partial charge is 0.209 e. The van der Waals surface area contributed by atoms with E-state index in [-0.39, 0.29) is 0 Å². The minimum Gasteiger partial charge on any atom is -0.258 e. The molecule has 0 amide bonds. The molecular formula is C15H16ClN5S. The molecule has 0 aliphatic carbocycles. The van der Waals surface area contributed by atoms with Gasteiger partial charge in [0.15, 0.2) is 5.82 Å². The molecule has 0 bridgehead atoms. The molecule has 0 radical (unpaired) electrons. The molecule has 0 spiro atoms. The van der Waals surface area contributed by atoms with Crippen molar-refractivity contribution in [3.05, 3.63) is 46.7 Å². The van der Waals surface area contributed by atoms with E-state index in [0.717, 1.165) is 23.5 Å². The number of nitrogens with one attached hydrogen (secondary N) is 1. The van der Waals surface area contributed by atoms with Crippen molar-refractivity contribution < 1.29 is 0 Å². The van der Waals surface area contributed by atoms with Crippen molar-refractivity contribution in [3.63, 3.8) is 0 Å². The molecule has 1 N–H and O–H groups in total. The Labute approximate surface area is 138 Å². The molecule has 3 aromatic rings. The highest BCUT2D eigenvalue weighted by atomic mass is 35.5. The van der Waals surface area contributed by atoms with E-state index in [1.807, 2.05) is 13.1 Å². The molecule has 22 heavy (non-hydrogen) atoms. The van der Waals surface area contributed by atoms with Gasteiger partial charge in [0.05, 0.1) is 5.69 Å². The Morgan fingerprint density at radius 2 is 2.05 bits per heavy atom. The number of nitrogens with zero attached hydrogens (tertiary/aromatic N) is 4. The van der Waals surface area contributed by atoms with Crippen molar-refractivity contribution in [2.45, 2.75) is 24.3 Å². The maximum atomic E-state index is 5.97. The van der Waals surface area contributed by atoms with E-state index < -0.39 is 0 Å². The molecule has 114 valence electrons. The molecule has 2 heterocycles. The van der Waals surface area contributed by atoms with Gasteiger partial charge in [0.25, 0.3) is 0 Å². The SMILES string of the molecule is CCc1ccc(-c2nc(SCc3cc(Cl)n(C)n3)n[nH]2)cc1. The predicted octanol–water partition coefficient (Wildman–Crippen LogP) is 3.71. The number of hydrogen-bond donors (Lipinski definition) is 1. The zero-order valence-electron chi connectivity index (χ0n) is 12.4. The number of halogens is 1. The molecule has 0 unspecified atom stereocenters. The van der Waals surface area contributed by atoms with E-state index in [2.05, 4.69) is 51.5 Å². The predicted molar refractivity (Wildman–Crippen MR) is 89.0 cm³/mol. The van der Waals surface area contributed by atoms with Gasteiger partial charge in [0, 0.05) is 18.4 Å². The quantitative estimate of drug-likeness (QED) is 0.723. The maximum absolute atomic E-state index is 5.97. The van der Waals surface area contributed by atoms with E-state index in [1.54, 1.807) is 4.68 Å². The Bertz CT molecular complexity index is 743. The normalized spacial score (nSPS) is 11.0. The zero-order chi connectivity index (χ0) is 15.5. The van der Waals surface area contributed by atoms with Gasteiger partial charge in [0.1, 0.15) is 5.15 Å². The van der Waals surface area contributed by atoms with E-state index in [9.17, 15) is 0 Å². The van der Waals surface area contributed by atoms with E-state index >= 15 is 0 Å². The lowest BCUT2D eigenvalue weighted by Crippen LogP contribution is -1.91. The second kappa shape index (κ2) is 6.54.